The van der Waals surface area contributed by atoms with Crippen molar-refractivity contribution in [2.24, 2.45) is 5.92 Å². The standard InChI is InChI=1S/C9H11NO3/c1-6(9(12)13)8(11)7-3-2-4-10-5-7/h2-6,8,11H,1H3,(H,12,13). The molecule has 0 aliphatic carbocycles. The van der Waals surface area contributed by atoms with Crippen molar-refractivity contribution in [3.8, 4) is 0 Å². The molecule has 0 amide bonds. The van der Waals surface area contributed by atoms with Crippen LogP contribution in [-0.4, -0.2) is 21.2 Å². The van der Waals surface area contributed by atoms with Crippen LogP contribution in [0.2, 0.25) is 0 Å². The summed E-state index contributed by atoms with van der Waals surface area (Å²) in [7, 11) is 0. The molecule has 0 bridgehead atoms. The Labute approximate surface area is 75.9 Å². The van der Waals surface area contributed by atoms with Gasteiger partial charge >= 0.3 is 5.97 Å². The van der Waals surface area contributed by atoms with Gasteiger partial charge in [-0.25, -0.2) is 0 Å². The summed E-state index contributed by atoms with van der Waals surface area (Å²) in [5.41, 5.74) is 0.525. The summed E-state index contributed by atoms with van der Waals surface area (Å²) in [6.45, 7) is 1.46. The number of aliphatic hydroxyl groups excluding tert-OH is 1. The van der Waals surface area contributed by atoms with E-state index in [1.165, 1.54) is 13.1 Å². The number of aliphatic hydroxyl groups is 1. The van der Waals surface area contributed by atoms with Crippen molar-refractivity contribution in [2.75, 3.05) is 0 Å². The van der Waals surface area contributed by atoms with Gasteiger partial charge < -0.3 is 10.2 Å². The summed E-state index contributed by atoms with van der Waals surface area (Å²) in [5, 5.41) is 18.2. The Bertz CT molecular complexity index is 286. The molecule has 0 radical (unpaired) electrons. The van der Waals surface area contributed by atoms with Gasteiger partial charge in [-0.3, -0.25) is 9.78 Å². The first-order valence-electron chi connectivity index (χ1n) is 3.93. The number of rotatable bonds is 3. The van der Waals surface area contributed by atoms with E-state index in [0.29, 0.717) is 5.56 Å². The van der Waals surface area contributed by atoms with Crippen molar-refractivity contribution >= 4 is 5.97 Å². The van der Waals surface area contributed by atoms with Gasteiger partial charge in [-0.05, 0) is 18.6 Å². The average molecular weight is 181 g/mol. The minimum absolute atomic E-state index is 0.525. The molecule has 1 rings (SSSR count). The molecule has 0 saturated heterocycles. The highest BCUT2D eigenvalue weighted by molar-refractivity contribution is 5.70. The van der Waals surface area contributed by atoms with Crippen LogP contribution in [0.4, 0.5) is 0 Å². The van der Waals surface area contributed by atoms with Crippen LogP contribution < -0.4 is 0 Å². The number of hydrogen-bond acceptors (Lipinski definition) is 3. The van der Waals surface area contributed by atoms with Gasteiger partial charge in [0.05, 0.1) is 12.0 Å². The Balaban J connectivity index is 2.79. The molecule has 0 fully saturated rings. The first-order valence-corrected chi connectivity index (χ1v) is 3.93. The average Bonchev–Trinajstić information content (AvgIpc) is 2.17. The Hall–Kier alpha value is -1.42. The zero-order valence-corrected chi connectivity index (χ0v) is 7.21. The number of nitrogens with zero attached hydrogens (tertiary/aromatic N) is 1. The van der Waals surface area contributed by atoms with Crippen LogP contribution in [0.15, 0.2) is 24.5 Å². The quantitative estimate of drug-likeness (QED) is 0.724. The van der Waals surface area contributed by atoms with E-state index >= 15 is 0 Å². The van der Waals surface area contributed by atoms with Gasteiger partial charge in [-0.2, -0.15) is 0 Å². The van der Waals surface area contributed by atoms with Gasteiger partial charge in [-0.1, -0.05) is 6.07 Å². The molecule has 1 aromatic heterocycles. The summed E-state index contributed by atoms with van der Waals surface area (Å²) < 4.78 is 0. The minimum atomic E-state index is -1.02. The number of hydrogen-bond donors (Lipinski definition) is 2. The second kappa shape index (κ2) is 4.00. The molecule has 4 heteroatoms. The van der Waals surface area contributed by atoms with Crippen LogP contribution in [-0.2, 0) is 4.79 Å². The molecular weight excluding hydrogens is 170 g/mol. The van der Waals surface area contributed by atoms with Crippen molar-refractivity contribution in [3.05, 3.63) is 30.1 Å². The van der Waals surface area contributed by atoms with Gasteiger partial charge in [0.25, 0.3) is 0 Å². The van der Waals surface area contributed by atoms with Crippen molar-refractivity contribution in [2.45, 2.75) is 13.0 Å². The number of carboxylic acids is 1. The van der Waals surface area contributed by atoms with Crippen LogP contribution in [0.3, 0.4) is 0 Å². The van der Waals surface area contributed by atoms with Crippen molar-refractivity contribution < 1.29 is 15.0 Å². The molecule has 0 saturated carbocycles. The van der Waals surface area contributed by atoms with Crippen LogP contribution in [0.1, 0.15) is 18.6 Å². The third kappa shape index (κ3) is 2.26. The second-order valence-electron chi connectivity index (χ2n) is 2.86. The SMILES string of the molecule is CC(C(=O)O)C(O)c1cccnc1. The molecule has 13 heavy (non-hydrogen) atoms. The molecule has 2 N–H and O–H groups in total. The van der Waals surface area contributed by atoms with Gasteiger partial charge in [0.2, 0.25) is 0 Å². The second-order valence-corrected chi connectivity index (χ2v) is 2.86. The topological polar surface area (TPSA) is 70.4 Å². The molecule has 70 valence electrons. The number of aromatic nitrogens is 1. The Morgan fingerprint density at radius 3 is 2.77 bits per heavy atom. The van der Waals surface area contributed by atoms with E-state index in [4.69, 9.17) is 5.11 Å². The highest BCUT2D eigenvalue weighted by Gasteiger charge is 2.22. The lowest BCUT2D eigenvalue weighted by Gasteiger charge is -2.14. The highest BCUT2D eigenvalue weighted by Crippen LogP contribution is 2.20. The lowest BCUT2D eigenvalue weighted by Crippen LogP contribution is -2.18. The Morgan fingerprint density at radius 1 is 1.62 bits per heavy atom. The smallest absolute Gasteiger partial charge is 0.309 e. The van der Waals surface area contributed by atoms with Crippen molar-refractivity contribution in [1.29, 1.82) is 0 Å². The van der Waals surface area contributed by atoms with E-state index in [2.05, 4.69) is 4.98 Å². The molecule has 4 nitrogen and oxygen atoms in total. The van der Waals surface area contributed by atoms with E-state index in [-0.39, 0.29) is 0 Å². The van der Waals surface area contributed by atoms with E-state index in [9.17, 15) is 9.90 Å². The molecule has 0 spiro atoms. The first-order chi connectivity index (χ1) is 6.13. The molecule has 0 aliphatic heterocycles. The fourth-order valence-electron chi connectivity index (χ4n) is 0.975. The van der Waals surface area contributed by atoms with Crippen molar-refractivity contribution in [1.82, 2.24) is 4.98 Å². The summed E-state index contributed by atoms with van der Waals surface area (Å²) >= 11 is 0. The Morgan fingerprint density at radius 2 is 2.31 bits per heavy atom. The molecule has 1 aromatic rings. The molecular formula is C9H11NO3. The van der Waals surface area contributed by atoms with Gasteiger partial charge in [0.1, 0.15) is 0 Å². The van der Waals surface area contributed by atoms with Gasteiger partial charge in [-0.15, -0.1) is 0 Å². The van der Waals surface area contributed by atoms with Gasteiger partial charge in [0.15, 0.2) is 0 Å². The fourth-order valence-corrected chi connectivity index (χ4v) is 0.975. The number of carboxylic acid groups (broad SMARTS) is 1. The Kier molecular flexibility index (Phi) is 2.97. The fraction of sp³-hybridized carbons (Fsp3) is 0.333. The van der Waals surface area contributed by atoms with Crippen LogP contribution in [0, 0.1) is 5.92 Å². The normalized spacial score (nSPS) is 14.9. The van der Waals surface area contributed by atoms with Crippen LogP contribution in [0.5, 0.6) is 0 Å². The molecule has 1 heterocycles. The largest absolute Gasteiger partial charge is 0.481 e. The van der Waals surface area contributed by atoms with E-state index < -0.39 is 18.0 Å². The van der Waals surface area contributed by atoms with Crippen molar-refractivity contribution in [3.63, 3.8) is 0 Å². The maximum Gasteiger partial charge on any atom is 0.309 e. The lowest BCUT2D eigenvalue weighted by molar-refractivity contribution is -0.145. The summed E-state index contributed by atoms with van der Waals surface area (Å²) in [4.78, 5) is 14.3. The maximum absolute atomic E-state index is 10.5. The predicted molar refractivity (Wildman–Crippen MR) is 46.0 cm³/mol. The lowest BCUT2D eigenvalue weighted by atomic mass is 9.99. The molecule has 0 aromatic carbocycles. The number of pyridine rings is 1. The third-order valence-electron chi connectivity index (χ3n) is 1.89. The summed E-state index contributed by atoms with van der Waals surface area (Å²) in [6, 6.07) is 3.31. The molecule has 0 aliphatic rings. The maximum atomic E-state index is 10.5. The zero-order valence-electron chi connectivity index (χ0n) is 7.21. The molecule has 2 atom stereocenters. The zero-order chi connectivity index (χ0) is 9.84. The summed E-state index contributed by atoms with van der Waals surface area (Å²) in [5.74, 6) is -1.83. The van der Waals surface area contributed by atoms with E-state index in [0.717, 1.165) is 0 Å². The first kappa shape index (κ1) is 9.67. The minimum Gasteiger partial charge on any atom is -0.481 e. The third-order valence-corrected chi connectivity index (χ3v) is 1.89. The van der Waals surface area contributed by atoms with Gasteiger partial charge in [0, 0.05) is 12.4 Å². The number of aliphatic carboxylic acids is 1. The number of carbonyl (C=O) groups is 1. The van der Waals surface area contributed by atoms with E-state index in [1.54, 1.807) is 18.3 Å². The predicted octanol–water partition coefficient (Wildman–Crippen LogP) is 0.836. The highest BCUT2D eigenvalue weighted by atomic mass is 16.4. The summed E-state index contributed by atoms with van der Waals surface area (Å²) in [6.07, 6.45) is 2.04. The monoisotopic (exact) mass is 181 g/mol. The van der Waals surface area contributed by atoms with E-state index in [1.807, 2.05) is 0 Å². The van der Waals surface area contributed by atoms with Crippen LogP contribution >= 0.6 is 0 Å². The van der Waals surface area contributed by atoms with Crippen LogP contribution in [0.25, 0.3) is 0 Å². The molecule has 2 unspecified atom stereocenters.